The van der Waals surface area contributed by atoms with Crippen LogP contribution < -0.4 is 0 Å². The molecule has 0 radical (unpaired) electrons. The third-order valence-corrected chi connectivity index (χ3v) is 3.16. The van der Waals surface area contributed by atoms with Gasteiger partial charge in [0.1, 0.15) is 5.69 Å². The largest absolute Gasteiger partial charge is 0.308 e. The first-order valence-corrected chi connectivity index (χ1v) is 6.75. The minimum absolute atomic E-state index is 0.0649. The summed E-state index contributed by atoms with van der Waals surface area (Å²) in [4.78, 5) is 18.6. The molecule has 0 bridgehead atoms. The van der Waals surface area contributed by atoms with E-state index in [0.717, 1.165) is 12.2 Å². The summed E-state index contributed by atoms with van der Waals surface area (Å²) in [5.74, 6) is -0.0649. The van der Waals surface area contributed by atoms with E-state index < -0.39 is 0 Å². The number of halogens is 1. The van der Waals surface area contributed by atoms with E-state index in [0.29, 0.717) is 17.3 Å². The molecule has 0 fully saturated rings. The highest BCUT2D eigenvalue weighted by molar-refractivity contribution is 6.33. The third-order valence-electron chi connectivity index (χ3n) is 2.89. The monoisotopic (exact) mass is 292 g/mol. The molecule has 0 N–H and O–H groups in total. The summed E-state index contributed by atoms with van der Waals surface area (Å²) < 4.78 is 1.66. The molecule has 20 heavy (non-hydrogen) atoms. The van der Waals surface area contributed by atoms with Crippen LogP contribution in [-0.2, 0) is 13.0 Å². The van der Waals surface area contributed by atoms with E-state index in [1.54, 1.807) is 10.9 Å². The number of ketones is 1. The fourth-order valence-corrected chi connectivity index (χ4v) is 2.10. The molecule has 0 aliphatic rings. The number of Topliss-reactive ketones (excluding diaryl/α,β-unsaturated/α-hetero) is 1. The Kier molecular flexibility index (Phi) is 4.87. The van der Waals surface area contributed by atoms with Crippen molar-refractivity contribution in [2.45, 2.75) is 13.0 Å². The van der Waals surface area contributed by atoms with Crippen molar-refractivity contribution in [3.8, 4) is 0 Å². The second kappa shape index (κ2) is 6.63. The van der Waals surface area contributed by atoms with Gasteiger partial charge in [-0.2, -0.15) is 5.10 Å². The van der Waals surface area contributed by atoms with Crippen LogP contribution in [0.1, 0.15) is 16.2 Å². The highest BCUT2D eigenvalue weighted by atomic mass is 35.5. The first-order chi connectivity index (χ1) is 9.58. The van der Waals surface area contributed by atoms with E-state index in [9.17, 15) is 4.79 Å². The topological polar surface area (TPSA) is 51.0 Å². The van der Waals surface area contributed by atoms with Gasteiger partial charge >= 0.3 is 0 Å². The second-order valence-electron chi connectivity index (χ2n) is 4.79. The number of carbonyl (C=O) groups is 1. The summed E-state index contributed by atoms with van der Waals surface area (Å²) >= 11 is 6.08. The third kappa shape index (κ3) is 3.65. The molecule has 0 spiro atoms. The number of hydrogen-bond acceptors (Lipinski definition) is 4. The molecule has 2 aromatic heterocycles. The maximum atomic E-state index is 12.4. The summed E-state index contributed by atoms with van der Waals surface area (Å²) in [6, 6.07) is 5.51. The predicted molar refractivity (Wildman–Crippen MR) is 78.1 cm³/mol. The summed E-state index contributed by atoms with van der Waals surface area (Å²) in [6.45, 7) is 1.42. The number of carbonyl (C=O) groups excluding carboxylic acids is 1. The minimum Gasteiger partial charge on any atom is -0.308 e. The van der Waals surface area contributed by atoms with Gasteiger partial charge < -0.3 is 4.90 Å². The van der Waals surface area contributed by atoms with Crippen LogP contribution in [0, 0.1) is 0 Å². The smallest absolute Gasteiger partial charge is 0.188 e. The Morgan fingerprint density at radius 1 is 1.40 bits per heavy atom. The van der Waals surface area contributed by atoms with Gasteiger partial charge in [-0.3, -0.25) is 14.5 Å². The molecule has 2 aromatic rings. The van der Waals surface area contributed by atoms with Crippen molar-refractivity contribution in [3.05, 3.63) is 47.0 Å². The van der Waals surface area contributed by atoms with Crippen molar-refractivity contribution in [1.82, 2.24) is 19.7 Å². The number of likely N-dealkylation sites (N-methyl/N-ethyl adjacent to an activating group) is 1. The molecule has 5 nitrogen and oxygen atoms in total. The zero-order chi connectivity index (χ0) is 14.5. The molecule has 0 atom stereocenters. The lowest BCUT2D eigenvalue weighted by molar-refractivity contribution is 0.0981. The van der Waals surface area contributed by atoms with E-state index in [4.69, 9.17) is 11.6 Å². The van der Waals surface area contributed by atoms with Crippen LogP contribution in [0.3, 0.4) is 0 Å². The van der Waals surface area contributed by atoms with Gasteiger partial charge in [0.25, 0.3) is 0 Å². The Bertz CT molecular complexity index is 580. The SMILES string of the molecule is CN(C)CCn1ncc(Cl)c1C(=O)Cc1ccccn1. The van der Waals surface area contributed by atoms with Gasteiger partial charge in [0, 0.05) is 18.4 Å². The Balaban J connectivity index is 2.15. The average Bonchev–Trinajstić information content (AvgIpc) is 2.78. The Labute approximate surface area is 123 Å². The van der Waals surface area contributed by atoms with E-state index in [2.05, 4.69) is 10.1 Å². The van der Waals surface area contributed by atoms with Crippen molar-refractivity contribution < 1.29 is 4.79 Å². The van der Waals surface area contributed by atoms with Crippen molar-refractivity contribution in [3.63, 3.8) is 0 Å². The molecule has 0 unspecified atom stereocenters. The van der Waals surface area contributed by atoms with E-state index in [-0.39, 0.29) is 12.2 Å². The fourth-order valence-electron chi connectivity index (χ4n) is 1.85. The van der Waals surface area contributed by atoms with Crippen LogP contribution in [0.4, 0.5) is 0 Å². The maximum Gasteiger partial charge on any atom is 0.188 e. The van der Waals surface area contributed by atoms with Gasteiger partial charge in [-0.25, -0.2) is 0 Å². The second-order valence-corrected chi connectivity index (χ2v) is 5.20. The quantitative estimate of drug-likeness (QED) is 0.763. The van der Waals surface area contributed by atoms with Gasteiger partial charge in [-0.1, -0.05) is 17.7 Å². The van der Waals surface area contributed by atoms with Crippen LogP contribution in [0.25, 0.3) is 0 Å². The van der Waals surface area contributed by atoms with Crippen molar-refractivity contribution in [2.24, 2.45) is 0 Å². The zero-order valence-corrected chi connectivity index (χ0v) is 12.3. The van der Waals surface area contributed by atoms with E-state index >= 15 is 0 Å². The Morgan fingerprint density at radius 3 is 2.85 bits per heavy atom. The normalized spacial score (nSPS) is 11.0. The first kappa shape index (κ1) is 14.7. The molecule has 2 heterocycles. The van der Waals surface area contributed by atoms with E-state index in [1.165, 1.54) is 6.20 Å². The fraction of sp³-hybridized carbons (Fsp3) is 0.357. The van der Waals surface area contributed by atoms with Crippen molar-refractivity contribution in [2.75, 3.05) is 20.6 Å². The molecule has 0 aromatic carbocycles. The maximum absolute atomic E-state index is 12.4. The zero-order valence-electron chi connectivity index (χ0n) is 11.6. The Hall–Kier alpha value is -1.72. The molecule has 0 saturated carbocycles. The Morgan fingerprint density at radius 2 is 2.20 bits per heavy atom. The van der Waals surface area contributed by atoms with Gasteiger partial charge in [0.2, 0.25) is 0 Å². The molecular formula is C14H17ClN4O. The van der Waals surface area contributed by atoms with Gasteiger partial charge in [0.15, 0.2) is 5.78 Å². The minimum atomic E-state index is -0.0649. The van der Waals surface area contributed by atoms with Crippen molar-refractivity contribution in [1.29, 1.82) is 0 Å². The molecule has 6 heteroatoms. The van der Waals surface area contributed by atoms with Crippen LogP contribution in [0.2, 0.25) is 5.02 Å². The lowest BCUT2D eigenvalue weighted by Gasteiger charge is -2.11. The number of hydrogen-bond donors (Lipinski definition) is 0. The standard InChI is InChI=1S/C14H17ClN4O/c1-18(2)7-8-19-14(12(15)10-17-19)13(20)9-11-5-3-4-6-16-11/h3-6,10H,7-9H2,1-2H3. The lowest BCUT2D eigenvalue weighted by Crippen LogP contribution is -2.22. The van der Waals surface area contributed by atoms with Crippen LogP contribution >= 0.6 is 11.6 Å². The first-order valence-electron chi connectivity index (χ1n) is 6.37. The van der Waals surface area contributed by atoms with Crippen LogP contribution in [0.5, 0.6) is 0 Å². The molecule has 106 valence electrons. The summed E-state index contributed by atoms with van der Waals surface area (Å²) in [6.07, 6.45) is 3.42. The number of pyridine rings is 1. The molecule has 0 aliphatic carbocycles. The molecular weight excluding hydrogens is 276 g/mol. The highest BCUT2D eigenvalue weighted by Gasteiger charge is 2.18. The summed E-state index contributed by atoms with van der Waals surface area (Å²) in [7, 11) is 3.95. The van der Waals surface area contributed by atoms with Crippen LogP contribution in [-0.4, -0.2) is 46.1 Å². The predicted octanol–water partition coefficient (Wildman–Crippen LogP) is 1.92. The number of rotatable bonds is 6. The summed E-state index contributed by atoms with van der Waals surface area (Å²) in [5.41, 5.74) is 1.19. The lowest BCUT2D eigenvalue weighted by atomic mass is 10.1. The molecule has 0 amide bonds. The van der Waals surface area contributed by atoms with Gasteiger partial charge in [-0.05, 0) is 26.2 Å². The summed E-state index contributed by atoms with van der Waals surface area (Å²) in [5, 5.41) is 4.56. The van der Waals surface area contributed by atoms with Gasteiger partial charge in [0.05, 0.1) is 24.2 Å². The molecule has 2 rings (SSSR count). The molecule has 0 aliphatic heterocycles. The average molecular weight is 293 g/mol. The van der Waals surface area contributed by atoms with Gasteiger partial charge in [-0.15, -0.1) is 0 Å². The number of aromatic nitrogens is 3. The number of nitrogens with zero attached hydrogens (tertiary/aromatic N) is 4. The molecule has 0 saturated heterocycles. The van der Waals surface area contributed by atoms with Crippen LogP contribution in [0.15, 0.2) is 30.6 Å². The van der Waals surface area contributed by atoms with E-state index in [1.807, 2.05) is 37.2 Å². The highest BCUT2D eigenvalue weighted by Crippen LogP contribution is 2.17. The van der Waals surface area contributed by atoms with Crippen molar-refractivity contribution >= 4 is 17.4 Å².